The van der Waals surface area contributed by atoms with Crippen LogP contribution in [0.1, 0.15) is 21.5 Å². The number of hydrogen-bond acceptors (Lipinski definition) is 4. The zero-order chi connectivity index (χ0) is 20.6. The average Bonchev–Trinajstić information content (AvgIpc) is 2.53. The normalized spacial score (nSPS) is 12.7. The highest BCUT2D eigenvalue weighted by Crippen LogP contribution is 2.32. The van der Waals surface area contributed by atoms with Crippen molar-refractivity contribution in [1.82, 2.24) is 9.71 Å². The smallest absolute Gasteiger partial charge is 0.268 e. The van der Waals surface area contributed by atoms with Crippen molar-refractivity contribution in [2.24, 2.45) is 0 Å². The van der Waals surface area contributed by atoms with Gasteiger partial charge in [-0.05, 0) is 30.3 Å². The van der Waals surface area contributed by atoms with Crippen LogP contribution in [0.4, 0.5) is 26.3 Å². The summed E-state index contributed by atoms with van der Waals surface area (Å²) in [7, 11) is -4.75. The van der Waals surface area contributed by atoms with E-state index < -0.39 is 55.0 Å². The summed E-state index contributed by atoms with van der Waals surface area (Å²) in [4.78, 5) is 15.1. The fourth-order valence-electron chi connectivity index (χ4n) is 1.81. The number of nitrogens with zero attached hydrogens (tertiary/aromatic N) is 1. The number of aromatic nitrogens is 1. The zero-order valence-corrected chi connectivity index (χ0v) is 14.3. The lowest BCUT2D eigenvalue weighted by molar-refractivity contribution is -0.138. The number of pyridine rings is 1. The first kappa shape index (κ1) is 21.0. The molecule has 1 aromatic heterocycles. The number of nitrogens with one attached hydrogen (secondary N) is 1. The van der Waals surface area contributed by atoms with Crippen LogP contribution < -0.4 is 4.72 Å². The summed E-state index contributed by atoms with van der Waals surface area (Å²) in [5.74, 6) is -1.51. The summed E-state index contributed by atoms with van der Waals surface area (Å²) in [6.07, 6.45) is -9.34. The van der Waals surface area contributed by atoms with Gasteiger partial charge in [0, 0.05) is 6.20 Å². The molecule has 0 fully saturated rings. The lowest BCUT2D eigenvalue weighted by atomic mass is 10.1. The lowest BCUT2D eigenvalue weighted by Crippen LogP contribution is -2.31. The van der Waals surface area contributed by atoms with E-state index in [9.17, 15) is 39.6 Å². The largest absolute Gasteiger partial charge is 0.417 e. The molecule has 0 bridgehead atoms. The minimum atomic E-state index is -4.81. The molecule has 0 unspecified atom stereocenters. The first-order valence-corrected chi connectivity index (χ1v) is 8.55. The molecule has 0 atom stereocenters. The molecule has 0 radical (unpaired) electrons. The maximum Gasteiger partial charge on any atom is 0.417 e. The summed E-state index contributed by atoms with van der Waals surface area (Å²) in [5.41, 5.74) is -3.27. The van der Waals surface area contributed by atoms with Crippen LogP contribution in [0.15, 0.2) is 41.6 Å². The van der Waals surface area contributed by atoms with Gasteiger partial charge in [0.2, 0.25) is 0 Å². The number of sulfonamides is 1. The third kappa shape index (κ3) is 4.89. The molecule has 1 N–H and O–H groups in total. The molecular formula is C14H7ClF6N2O3S. The highest BCUT2D eigenvalue weighted by molar-refractivity contribution is 7.90. The van der Waals surface area contributed by atoms with Crippen molar-refractivity contribution in [3.05, 3.63) is 58.2 Å². The third-order valence-corrected chi connectivity index (χ3v) is 4.68. The summed E-state index contributed by atoms with van der Waals surface area (Å²) < 4.78 is 101. The fourth-order valence-corrected chi connectivity index (χ4v) is 2.91. The van der Waals surface area contributed by atoms with Crippen LogP contribution in [0.3, 0.4) is 0 Å². The van der Waals surface area contributed by atoms with Gasteiger partial charge in [-0.1, -0.05) is 11.6 Å². The predicted molar refractivity (Wildman–Crippen MR) is 80.3 cm³/mol. The molecule has 1 amide bonds. The fraction of sp³-hybridized carbons (Fsp3) is 0.143. The molecule has 5 nitrogen and oxygen atoms in total. The second-order valence-corrected chi connectivity index (χ2v) is 7.05. The second-order valence-electron chi connectivity index (χ2n) is 5.01. The van der Waals surface area contributed by atoms with Crippen molar-refractivity contribution in [3.8, 4) is 0 Å². The van der Waals surface area contributed by atoms with Crippen LogP contribution in [-0.2, 0) is 22.4 Å². The molecule has 1 aromatic carbocycles. The van der Waals surface area contributed by atoms with Crippen molar-refractivity contribution < 1.29 is 39.6 Å². The van der Waals surface area contributed by atoms with Gasteiger partial charge in [-0.2, -0.15) is 34.8 Å². The maximum atomic E-state index is 12.7. The summed E-state index contributed by atoms with van der Waals surface area (Å²) in [6.45, 7) is 0. The molecular weight excluding hydrogens is 426 g/mol. The minimum Gasteiger partial charge on any atom is -0.268 e. The van der Waals surface area contributed by atoms with Crippen LogP contribution in [0.2, 0.25) is 5.02 Å². The molecule has 0 spiro atoms. The number of alkyl halides is 6. The molecule has 27 heavy (non-hydrogen) atoms. The zero-order valence-electron chi connectivity index (χ0n) is 12.7. The molecule has 2 rings (SSSR count). The first-order chi connectivity index (χ1) is 12.2. The van der Waals surface area contributed by atoms with E-state index in [-0.39, 0.29) is 6.20 Å². The van der Waals surface area contributed by atoms with Crippen LogP contribution in [-0.4, -0.2) is 19.3 Å². The minimum absolute atomic E-state index is 0.232. The number of benzene rings is 1. The molecule has 0 aliphatic heterocycles. The molecule has 1 heterocycles. The van der Waals surface area contributed by atoms with Crippen LogP contribution in [0.25, 0.3) is 0 Å². The Balaban J connectivity index is 2.32. The van der Waals surface area contributed by atoms with Crippen LogP contribution in [0, 0.1) is 0 Å². The monoisotopic (exact) mass is 432 g/mol. The first-order valence-electron chi connectivity index (χ1n) is 6.69. The van der Waals surface area contributed by atoms with E-state index in [1.54, 1.807) is 0 Å². The van der Waals surface area contributed by atoms with E-state index in [0.29, 0.717) is 24.3 Å². The van der Waals surface area contributed by atoms with E-state index in [1.807, 2.05) is 0 Å². The summed E-state index contributed by atoms with van der Waals surface area (Å²) >= 11 is 5.62. The van der Waals surface area contributed by atoms with E-state index in [0.717, 1.165) is 6.07 Å². The molecule has 0 saturated carbocycles. The number of hydrogen-bond donors (Lipinski definition) is 1. The number of carbonyl (C=O) groups excluding carboxylic acids is 1. The summed E-state index contributed by atoms with van der Waals surface area (Å²) in [6, 6.07) is 2.59. The topological polar surface area (TPSA) is 76.1 Å². The van der Waals surface area contributed by atoms with Gasteiger partial charge in [-0.3, -0.25) is 4.79 Å². The number of rotatable bonds is 3. The Kier molecular flexibility index (Phi) is 5.44. The van der Waals surface area contributed by atoms with Gasteiger partial charge in [0.15, 0.2) is 5.03 Å². The Morgan fingerprint density at radius 3 is 2.00 bits per heavy atom. The Morgan fingerprint density at radius 1 is 0.963 bits per heavy atom. The predicted octanol–water partition coefficient (Wildman–Crippen LogP) is 3.89. The molecule has 0 saturated heterocycles. The van der Waals surface area contributed by atoms with E-state index in [2.05, 4.69) is 4.98 Å². The molecule has 2 aromatic rings. The van der Waals surface area contributed by atoms with Gasteiger partial charge in [0.25, 0.3) is 15.9 Å². The van der Waals surface area contributed by atoms with Crippen LogP contribution in [0.5, 0.6) is 0 Å². The van der Waals surface area contributed by atoms with Crippen molar-refractivity contribution in [1.29, 1.82) is 0 Å². The second kappa shape index (κ2) is 7.00. The van der Waals surface area contributed by atoms with Crippen LogP contribution >= 0.6 is 11.6 Å². The standard InChI is InChI=1S/C14H7ClF6N2O3S/c15-10-3-1-7(13(16,17)18)5-9(10)12(24)23-27(25,26)11-4-2-8(6-22-11)14(19,20)21/h1-6H,(H,23,24). The maximum absolute atomic E-state index is 12.7. The summed E-state index contributed by atoms with van der Waals surface area (Å²) in [5, 5.41) is -1.40. The highest BCUT2D eigenvalue weighted by Gasteiger charge is 2.33. The van der Waals surface area contributed by atoms with E-state index in [4.69, 9.17) is 11.6 Å². The van der Waals surface area contributed by atoms with Crippen molar-refractivity contribution in [3.63, 3.8) is 0 Å². The van der Waals surface area contributed by atoms with Gasteiger partial charge in [0.1, 0.15) is 0 Å². The van der Waals surface area contributed by atoms with Crippen molar-refractivity contribution >= 4 is 27.5 Å². The van der Waals surface area contributed by atoms with Gasteiger partial charge in [0.05, 0.1) is 21.7 Å². The number of carbonyl (C=O) groups is 1. The van der Waals surface area contributed by atoms with Gasteiger partial charge in [-0.15, -0.1) is 0 Å². The SMILES string of the molecule is O=C(NS(=O)(=O)c1ccc(C(F)(F)F)cn1)c1cc(C(F)(F)F)ccc1Cl. The molecule has 146 valence electrons. The van der Waals surface area contributed by atoms with E-state index >= 15 is 0 Å². The Hall–Kier alpha value is -2.34. The molecule has 0 aliphatic carbocycles. The molecule has 13 heteroatoms. The van der Waals surface area contributed by atoms with E-state index in [1.165, 1.54) is 4.72 Å². The number of halogens is 7. The Labute approximate surface area is 153 Å². The van der Waals surface area contributed by atoms with Gasteiger partial charge < -0.3 is 0 Å². The third-order valence-electron chi connectivity index (χ3n) is 3.10. The molecule has 0 aliphatic rings. The lowest BCUT2D eigenvalue weighted by Gasteiger charge is -2.11. The van der Waals surface area contributed by atoms with Gasteiger partial charge in [-0.25, -0.2) is 9.71 Å². The quantitative estimate of drug-likeness (QED) is 0.747. The Morgan fingerprint density at radius 2 is 1.52 bits per heavy atom. The highest BCUT2D eigenvalue weighted by atomic mass is 35.5. The Bertz CT molecular complexity index is 972. The van der Waals surface area contributed by atoms with Gasteiger partial charge >= 0.3 is 12.4 Å². The van der Waals surface area contributed by atoms with Crippen molar-refractivity contribution in [2.75, 3.05) is 0 Å². The average molecular weight is 433 g/mol. The van der Waals surface area contributed by atoms with Crippen molar-refractivity contribution in [2.45, 2.75) is 17.4 Å². The number of amides is 1.